The van der Waals surface area contributed by atoms with Crippen LogP contribution in [0.5, 0.6) is 11.5 Å². The van der Waals surface area contributed by atoms with Crippen molar-refractivity contribution >= 4 is 27.9 Å². The number of rotatable bonds is 7. The van der Waals surface area contributed by atoms with Gasteiger partial charge < -0.3 is 14.8 Å². The van der Waals surface area contributed by atoms with Gasteiger partial charge in [0.25, 0.3) is 11.5 Å². The largest absolute Gasteiger partial charge is 0.485 e. The number of anilines is 1. The molecular formula is C23H21N3O4S. The van der Waals surface area contributed by atoms with E-state index in [-0.39, 0.29) is 24.7 Å². The first-order valence-corrected chi connectivity index (χ1v) is 10.6. The summed E-state index contributed by atoms with van der Waals surface area (Å²) in [5.74, 6) is 0.848. The highest BCUT2D eigenvalue weighted by molar-refractivity contribution is 7.15. The van der Waals surface area contributed by atoms with Crippen LogP contribution in [0.25, 0.3) is 4.96 Å². The lowest BCUT2D eigenvalue weighted by Gasteiger charge is -2.13. The Kier molecular flexibility index (Phi) is 5.99. The first-order chi connectivity index (χ1) is 15.0. The van der Waals surface area contributed by atoms with Crippen LogP contribution >= 0.6 is 11.3 Å². The van der Waals surface area contributed by atoms with Gasteiger partial charge in [0.2, 0.25) is 0 Å². The minimum Gasteiger partial charge on any atom is -0.485 e. The molecule has 31 heavy (non-hydrogen) atoms. The second-order valence-electron chi connectivity index (χ2n) is 6.97. The Morgan fingerprint density at radius 1 is 1.06 bits per heavy atom. The van der Waals surface area contributed by atoms with Gasteiger partial charge in [-0.05, 0) is 37.6 Å². The molecule has 0 spiro atoms. The number of fused-ring (bicyclic) bond motifs is 1. The number of carbonyl (C=O) groups is 1. The molecule has 0 atom stereocenters. The van der Waals surface area contributed by atoms with Crippen LogP contribution in [0.4, 0.5) is 5.69 Å². The zero-order valence-electron chi connectivity index (χ0n) is 17.1. The van der Waals surface area contributed by atoms with E-state index in [1.807, 2.05) is 49.6 Å². The number of aryl methyl sites for hydroxylation is 2. The molecule has 0 saturated carbocycles. The third-order valence-electron chi connectivity index (χ3n) is 4.62. The maximum atomic E-state index is 12.4. The van der Waals surface area contributed by atoms with Crippen LogP contribution in [0, 0.1) is 13.8 Å². The number of thiazole rings is 1. The van der Waals surface area contributed by atoms with Gasteiger partial charge in [-0.1, -0.05) is 30.3 Å². The lowest BCUT2D eigenvalue weighted by Crippen LogP contribution is -2.21. The van der Waals surface area contributed by atoms with Crippen molar-refractivity contribution in [1.29, 1.82) is 0 Å². The van der Waals surface area contributed by atoms with Crippen molar-refractivity contribution in [1.82, 2.24) is 9.38 Å². The molecule has 0 saturated heterocycles. The molecule has 0 unspecified atom stereocenters. The number of para-hydroxylation sites is 3. The molecule has 8 heteroatoms. The second-order valence-corrected chi connectivity index (χ2v) is 7.80. The van der Waals surface area contributed by atoms with E-state index in [9.17, 15) is 9.59 Å². The minimum atomic E-state index is -0.300. The van der Waals surface area contributed by atoms with E-state index >= 15 is 0 Å². The van der Waals surface area contributed by atoms with Gasteiger partial charge in [-0.2, -0.15) is 0 Å². The van der Waals surface area contributed by atoms with Crippen LogP contribution in [0.1, 0.15) is 17.0 Å². The van der Waals surface area contributed by atoms with Gasteiger partial charge in [-0.3, -0.25) is 14.0 Å². The SMILES string of the molecule is Cc1ccccc1OCC(=O)Nc1ccccc1OCc1cc(=O)n2c(C)csc2n1. The van der Waals surface area contributed by atoms with E-state index in [1.165, 1.54) is 17.4 Å². The van der Waals surface area contributed by atoms with Crippen molar-refractivity contribution in [2.45, 2.75) is 20.5 Å². The van der Waals surface area contributed by atoms with Gasteiger partial charge in [0, 0.05) is 17.1 Å². The lowest BCUT2D eigenvalue weighted by atomic mass is 10.2. The molecule has 4 rings (SSSR count). The van der Waals surface area contributed by atoms with E-state index in [0.29, 0.717) is 27.8 Å². The summed E-state index contributed by atoms with van der Waals surface area (Å²) in [4.78, 5) is 29.8. The van der Waals surface area contributed by atoms with Gasteiger partial charge in [0.1, 0.15) is 18.1 Å². The summed E-state index contributed by atoms with van der Waals surface area (Å²) in [7, 11) is 0. The molecule has 2 aromatic heterocycles. The molecule has 7 nitrogen and oxygen atoms in total. The van der Waals surface area contributed by atoms with Crippen LogP contribution in [0.2, 0.25) is 0 Å². The zero-order chi connectivity index (χ0) is 21.8. The Bertz CT molecular complexity index is 1300. The van der Waals surface area contributed by atoms with E-state index < -0.39 is 0 Å². The molecule has 158 valence electrons. The van der Waals surface area contributed by atoms with E-state index in [4.69, 9.17) is 9.47 Å². The lowest BCUT2D eigenvalue weighted by molar-refractivity contribution is -0.118. The summed E-state index contributed by atoms with van der Waals surface area (Å²) in [6.45, 7) is 3.77. The van der Waals surface area contributed by atoms with Crippen molar-refractivity contribution in [3.05, 3.63) is 87.3 Å². The van der Waals surface area contributed by atoms with Crippen molar-refractivity contribution < 1.29 is 14.3 Å². The molecule has 0 aliphatic rings. The Hall–Kier alpha value is -3.65. The number of carbonyl (C=O) groups excluding carboxylic acids is 1. The fourth-order valence-corrected chi connectivity index (χ4v) is 3.96. The maximum absolute atomic E-state index is 12.4. The van der Waals surface area contributed by atoms with E-state index in [2.05, 4.69) is 10.3 Å². The van der Waals surface area contributed by atoms with Crippen molar-refractivity contribution in [3.8, 4) is 11.5 Å². The first kappa shape index (κ1) is 20.6. The van der Waals surface area contributed by atoms with Crippen LogP contribution in [-0.2, 0) is 11.4 Å². The number of nitrogens with zero attached hydrogens (tertiary/aromatic N) is 2. The maximum Gasteiger partial charge on any atom is 0.262 e. The van der Waals surface area contributed by atoms with Gasteiger partial charge in [-0.15, -0.1) is 11.3 Å². The van der Waals surface area contributed by atoms with Crippen molar-refractivity contribution in [3.63, 3.8) is 0 Å². The second kappa shape index (κ2) is 9.01. The number of amides is 1. The monoisotopic (exact) mass is 435 g/mol. The topological polar surface area (TPSA) is 81.9 Å². The van der Waals surface area contributed by atoms with Crippen LogP contribution in [-0.4, -0.2) is 21.9 Å². The molecule has 4 aromatic rings. The molecule has 0 radical (unpaired) electrons. The minimum absolute atomic E-state index is 0.106. The van der Waals surface area contributed by atoms with Gasteiger partial charge >= 0.3 is 0 Å². The highest BCUT2D eigenvalue weighted by atomic mass is 32.1. The smallest absolute Gasteiger partial charge is 0.262 e. The molecule has 0 aliphatic heterocycles. The number of aromatic nitrogens is 2. The number of ether oxygens (including phenoxy) is 2. The third kappa shape index (κ3) is 4.75. The summed E-state index contributed by atoms with van der Waals surface area (Å²) in [5.41, 5.74) is 2.71. The van der Waals surface area contributed by atoms with Crippen LogP contribution in [0.3, 0.4) is 0 Å². The standard InChI is InChI=1S/C23H21N3O4S/c1-15-7-3-5-9-19(15)30-13-21(27)25-18-8-4-6-10-20(18)29-12-17-11-22(28)26-16(2)14-31-23(26)24-17/h3-11,14H,12-13H2,1-2H3,(H,25,27). The van der Waals surface area contributed by atoms with Crippen LogP contribution in [0.15, 0.2) is 64.8 Å². The molecule has 0 fully saturated rings. The first-order valence-electron chi connectivity index (χ1n) is 9.68. The summed E-state index contributed by atoms with van der Waals surface area (Å²) in [6, 6.07) is 16.1. The predicted octanol–water partition coefficient (Wildman–Crippen LogP) is 3.97. The highest BCUT2D eigenvalue weighted by Gasteiger charge is 2.11. The average molecular weight is 436 g/mol. The molecule has 0 aliphatic carbocycles. The zero-order valence-corrected chi connectivity index (χ0v) is 17.9. The number of benzene rings is 2. The van der Waals surface area contributed by atoms with Gasteiger partial charge in [0.05, 0.1) is 11.4 Å². The normalized spacial score (nSPS) is 10.8. The number of hydrogen-bond donors (Lipinski definition) is 1. The molecular weight excluding hydrogens is 414 g/mol. The van der Waals surface area contributed by atoms with E-state index in [0.717, 1.165) is 11.3 Å². The fraction of sp³-hybridized carbons (Fsp3) is 0.174. The summed E-state index contributed by atoms with van der Waals surface area (Å²) in [5, 5.41) is 4.69. The average Bonchev–Trinajstić information content (AvgIpc) is 3.14. The highest BCUT2D eigenvalue weighted by Crippen LogP contribution is 2.25. The van der Waals surface area contributed by atoms with Crippen LogP contribution < -0.4 is 20.3 Å². The summed E-state index contributed by atoms with van der Waals surface area (Å²) >= 11 is 1.41. The molecule has 1 amide bonds. The Labute approximate surface area is 182 Å². The van der Waals surface area contributed by atoms with Gasteiger partial charge in [-0.25, -0.2) is 4.98 Å². The fourth-order valence-electron chi connectivity index (χ4n) is 3.07. The van der Waals surface area contributed by atoms with Crippen molar-refractivity contribution in [2.24, 2.45) is 0 Å². The summed E-state index contributed by atoms with van der Waals surface area (Å²) in [6.07, 6.45) is 0. The molecule has 0 bridgehead atoms. The Morgan fingerprint density at radius 2 is 1.81 bits per heavy atom. The Balaban J connectivity index is 1.42. The number of nitrogens with one attached hydrogen (secondary N) is 1. The Morgan fingerprint density at radius 3 is 2.61 bits per heavy atom. The predicted molar refractivity (Wildman–Crippen MR) is 120 cm³/mol. The van der Waals surface area contributed by atoms with Gasteiger partial charge in [0.15, 0.2) is 11.6 Å². The number of hydrogen-bond acceptors (Lipinski definition) is 6. The van der Waals surface area contributed by atoms with E-state index in [1.54, 1.807) is 22.6 Å². The third-order valence-corrected chi connectivity index (χ3v) is 5.56. The molecule has 2 aromatic carbocycles. The molecule has 1 N–H and O–H groups in total. The van der Waals surface area contributed by atoms with Crippen molar-refractivity contribution in [2.75, 3.05) is 11.9 Å². The quantitative estimate of drug-likeness (QED) is 0.475. The summed E-state index contributed by atoms with van der Waals surface area (Å²) < 4.78 is 13.0. The molecule has 2 heterocycles.